The largest absolute Gasteiger partial charge is 0.218 e. The van der Waals surface area contributed by atoms with E-state index >= 15 is 0 Å². The molecule has 3 nitrogen and oxygen atoms in total. The van der Waals surface area contributed by atoms with E-state index < -0.39 is 15.8 Å². The summed E-state index contributed by atoms with van der Waals surface area (Å²) >= 11 is 5.87. The zero-order valence-corrected chi connectivity index (χ0v) is 12.3. The summed E-state index contributed by atoms with van der Waals surface area (Å²) in [6.45, 7) is 3.13. The van der Waals surface area contributed by atoms with Crippen molar-refractivity contribution in [1.82, 2.24) is 4.31 Å². The Labute approximate surface area is 118 Å². The third kappa shape index (κ3) is 3.46. The van der Waals surface area contributed by atoms with Crippen LogP contribution in [0.4, 0.5) is 4.39 Å². The van der Waals surface area contributed by atoms with Gasteiger partial charge in [-0.2, -0.15) is 0 Å². The standard InChI is InChI=1S/C13H17ClFNO2S/c1-10-5-7-16(8-6-10)19(17,18)9-11-12(14)3-2-4-13(11)15/h2-4,10H,5-9H2,1H3. The van der Waals surface area contributed by atoms with Crippen LogP contribution in [0.5, 0.6) is 0 Å². The van der Waals surface area contributed by atoms with Crippen LogP contribution in [0.15, 0.2) is 18.2 Å². The van der Waals surface area contributed by atoms with Gasteiger partial charge in [-0.3, -0.25) is 0 Å². The number of hydrogen-bond acceptors (Lipinski definition) is 2. The van der Waals surface area contributed by atoms with Crippen LogP contribution in [-0.2, 0) is 15.8 Å². The van der Waals surface area contributed by atoms with Crippen molar-refractivity contribution in [3.63, 3.8) is 0 Å². The maximum Gasteiger partial charge on any atom is 0.218 e. The molecule has 1 saturated heterocycles. The second-order valence-electron chi connectivity index (χ2n) is 5.04. The molecule has 1 aromatic rings. The van der Waals surface area contributed by atoms with Gasteiger partial charge >= 0.3 is 0 Å². The lowest BCUT2D eigenvalue weighted by Crippen LogP contribution is -2.38. The van der Waals surface area contributed by atoms with Gasteiger partial charge in [-0.05, 0) is 30.9 Å². The summed E-state index contributed by atoms with van der Waals surface area (Å²) in [5, 5.41) is 0.161. The average molecular weight is 306 g/mol. The first-order chi connectivity index (χ1) is 8.90. The Hall–Kier alpha value is -0.650. The Kier molecular flexibility index (Phi) is 4.48. The van der Waals surface area contributed by atoms with Gasteiger partial charge in [0.2, 0.25) is 10.0 Å². The summed E-state index contributed by atoms with van der Waals surface area (Å²) in [5.41, 5.74) is 0.0581. The Bertz CT molecular complexity index is 534. The van der Waals surface area contributed by atoms with Gasteiger partial charge in [0.05, 0.1) is 5.75 Å². The quantitative estimate of drug-likeness (QED) is 0.861. The molecule has 6 heteroatoms. The Morgan fingerprint density at radius 1 is 1.37 bits per heavy atom. The second kappa shape index (κ2) is 5.77. The summed E-state index contributed by atoms with van der Waals surface area (Å²) in [4.78, 5) is 0. The molecule has 0 unspecified atom stereocenters. The summed E-state index contributed by atoms with van der Waals surface area (Å²) < 4.78 is 39.6. The first kappa shape index (κ1) is 14.8. The Balaban J connectivity index is 2.17. The van der Waals surface area contributed by atoms with E-state index in [4.69, 9.17) is 11.6 Å². The predicted molar refractivity (Wildman–Crippen MR) is 74.0 cm³/mol. The summed E-state index contributed by atoms with van der Waals surface area (Å²) in [6.07, 6.45) is 1.70. The van der Waals surface area contributed by atoms with E-state index in [0.717, 1.165) is 12.8 Å². The number of nitrogens with zero attached hydrogens (tertiary/aromatic N) is 1. The highest BCUT2D eigenvalue weighted by Crippen LogP contribution is 2.25. The normalized spacial score (nSPS) is 18.7. The van der Waals surface area contributed by atoms with Gasteiger partial charge in [-0.1, -0.05) is 24.6 Å². The lowest BCUT2D eigenvalue weighted by atomic mass is 10.0. The zero-order valence-electron chi connectivity index (χ0n) is 10.8. The van der Waals surface area contributed by atoms with Crippen molar-refractivity contribution in [2.24, 2.45) is 5.92 Å². The number of rotatable bonds is 3. The Morgan fingerprint density at radius 2 is 2.00 bits per heavy atom. The van der Waals surface area contributed by atoms with Crippen LogP contribution in [-0.4, -0.2) is 25.8 Å². The van der Waals surface area contributed by atoms with E-state index in [2.05, 4.69) is 6.92 Å². The molecule has 1 heterocycles. The fraction of sp³-hybridized carbons (Fsp3) is 0.538. The zero-order chi connectivity index (χ0) is 14.0. The molecular formula is C13H17ClFNO2S. The molecule has 0 saturated carbocycles. The minimum absolute atomic E-state index is 0.0581. The van der Waals surface area contributed by atoms with Crippen LogP contribution in [0.3, 0.4) is 0 Å². The molecule has 0 atom stereocenters. The molecule has 1 fully saturated rings. The number of sulfonamides is 1. The SMILES string of the molecule is CC1CCN(S(=O)(=O)Cc2c(F)cccc2Cl)CC1. The maximum absolute atomic E-state index is 13.6. The highest BCUT2D eigenvalue weighted by molar-refractivity contribution is 7.88. The lowest BCUT2D eigenvalue weighted by molar-refractivity contribution is 0.287. The van der Waals surface area contributed by atoms with E-state index in [1.165, 1.54) is 22.5 Å². The van der Waals surface area contributed by atoms with Crippen LogP contribution in [0, 0.1) is 11.7 Å². The molecule has 0 N–H and O–H groups in total. The molecule has 0 bridgehead atoms. The van der Waals surface area contributed by atoms with Crippen molar-refractivity contribution in [2.45, 2.75) is 25.5 Å². The summed E-state index contributed by atoms with van der Waals surface area (Å²) in [6, 6.07) is 4.21. The number of hydrogen-bond donors (Lipinski definition) is 0. The number of piperidine rings is 1. The van der Waals surface area contributed by atoms with Gasteiger partial charge in [0.25, 0.3) is 0 Å². The first-order valence-corrected chi connectivity index (χ1v) is 8.29. The molecular weight excluding hydrogens is 289 g/mol. The molecule has 2 rings (SSSR count). The molecule has 1 aliphatic heterocycles. The van der Waals surface area contributed by atoms with Crippen molar-refractivity contribution < 1.29 is 12.8 Å². The van der Waals surface area contributed by atoms with Gasteiger partial charge in [-0.15, -0.1) is 0 Å². The van der Waals surface area contributed by atoms with Gasteiger partial charge in [0.1, 0.15) is 5.82 Å². The first-order valence-electron chi connectivity index (χ1n) is 6.31. The van der Waals surface area contributed by atoms with Crippen LogP contribution < -0.4 is 0 Å². The number of benzene rings is 1. The van der Waals surface area contributed by atoms with E-state index in [1.54, 1.807) is 0 Å². The fourth-order valence-electron chi connectivity index (χ4n) is 2.21. The minimum Gasteiger partial charge on any atom is -0.212 e. The molecule has 0 spiro atoms. The van der Waals surface area contributed by atoms with Crippen molar-refractivity contribution >= 4 is 21.6 Å². The van der Waals surface area contributed by atoms with Crippen LogP contribution in [0.25, 0.3) is 0 Å². The average Bonchev–Trinajstić information content (AvgIpc) is 2.35. The number of halogens is 2. The van der Waals surface area contributed by atoms with Gasteiger partial charge in [0, 0.05) is 23.7 Å². The van der Waals surface area contributed by atoms with E-state index in [-0.39, 0.29) is 16.3 Å². The van der Waals surface area contributed by atoms with Gasteiger partial charge in [-0.25, -0.2) is 17.1 Å². The Morgan fingerprint density at radius 3 is 2.58 bits per heavy atom. The van der Waals surface area contributed by atoms with Crippen molar-refractivity contribution in [3.8, 4) is 0 Å². The molecule has 1 aromatic carbocycles. The van der Waals surface area contributed by atoms with Crippen molar-refractivity contribution in [2.75, 3.05) is 13.1 Å². The highest BCUT2D eigenvalue weighted by atomic mass is 35.5. The van der Waals surface area contributed by atoms with Crippen LogP contribution in [0.2, 0.25) is 5.02 Å². The second-order valence-corrected chi connectivity index (χ2v) is 7.41. The summed E-state index contributed by atoms with van der Waals surface area (Å²) in [7, 11) is -3.50. The molecule has 1 aliphatic rings. The molecule has 19 heavy (non-hydrogen) atoms. The lowest BCUT2D eigenvalue weighted by Gasteiger charge is -2.29. The van der Waals surface area contributed by atoms with Crippen LogP contribution in [0.1, 0.15) is 25.3 Å². The topological polar surface area (TPSA) is 37.4 Å². The highest BCUT2D eigenvalue weighted by Gasteiger charge is 2.28. The molecule has 0 aliphatic carbocycles. The van der Waals surface area contributed by atoms with E-state index in [1.807, 2.05) is 0 Å². The summed E-state index contributed by atoms with van der Waals surface area (Å²) in [5.74, 6) is -0.391. The third-order valence-corrected chi connectivity index (χ3v) is 5.68. The van der Waals surface area contributed by atoms with E-state index in [0.29, 0.717) is 19.0 Å². The molecule has 0 radical (unpaired) electrons. The molecule has 0 amide bonds. The smallest absolute Gasteiger partial charge is 0.212 e. The van der Waals surface area contributed by atoms with Crippen molar-refractivity contribution in [1.29, 1.82) is 0 Å². The van der Waals surface area contributed by atoms with Crippen LogP contribution >= 0.6 is 11.6 Å². The van der Waals surface area contributed by atoms with Crippen molar-refractivity contribution in [3.05, 3.63) is 34.6 Å². The minimum atomic E-state index is -3.50. The molecule has 0 aromatic heterocycles. The van der Waals surface area contributed by atoms with Gasteiger partial charge in [0.15, 0.2) is 0 Å². The predicted octanol–water partition coefficient (Wildman–Crippen LogP) is 3.04. The third-order valence-electron chi connectivity index (χ3n) is 3.52. The molecule has 106 valence electrons. The maximum atomic E-state index is 13.6. The monoisotopic (exact) mass is 305 g/mol. The van der Waals surface area contributed by atoms with Gasteiger partial charge < -0.3 is 0 Å². The van der Waals surface area contributed by atoms with E-state index in [9.17, 15) is 12.8 Å². The fourth-order valence-corrected chi connectivity index (χ4v) is 4.12.